The van der Waals surface area contributed by atoms with Gasteiger partial charge in [-0.15, -0.1) is 0 Å². The molecule has 4 rings (SSSR count). The Morgan fingerprint density at radius 2 is 1.55 bits per heavy atom. The van der Waals surface area contributed by atoms with Crippen LogP contribution >= 0.6 is 0 Å². The lowest BCUT2D eigenvalue weighted by Crippen LogP contribution is -2.40. The summed E-state index contributed by atoms with van der Waals surface area (Å²) in [6, 6.07) is 16.6. The monoisotopic (exact) mass is 393 g/mol. The summed E-state index contributed by atoms with van der Waals surface area (Å²) in [5.74, 6) is -1.000. The van der Waals surface area contributed by atoms with Crippen molar-refractivity contribution >= 4 is 11.8 Å². The molecule has 1 aliphatic carbocycles. The molecule has 1 atom stereocenters. The molecule has 1 fully saturated rings. The molecule has 0 bridgehead atoms. The zero-order chi connectivity index (χ0) is 19.5. The summed E-state index contributed by atoms with van der Waals surface area (Å²) in [4.78, 5) is 26.8. The lowest BCUT2D eigenvalue weighted by molar-refractivity contribution is -0.143. The number of benzene rings is 2. The summed E-state index contributed by atoms with van der Waals surface area (Å²) in [5, 5.41) is 9.29. The van der Waals surface area contributed by atoms with E-state index in [1.54, 1.807) is 0 Å². The fraction of sp³-hybridized carbons (Fsp3) is 0.440. The van der Waals surface area contributed by atoms with Crippen molar-refractivity contribution in [1.82, 2.24) is 4.90 Å². The lowest BCUT2D eigenvalue weighted by Gasteiger charge is -2.30. The molecule has 0 aromatic heterocycles. The summed E-state index contributed by atoms with van der Waals surface area (Å²) in [6.07, 6.45) is 4.01. The van der Waals surface area contributed by atoms with Crippen LogP contribution in [0.2, 0.25) is 0 Å². The zero-order valence-corrected chi connectivity index (χ0v) is 16.1. The molecule has 2 aromatic carbocycles. The first-order chi connectivity index (χ1) is 13.6. The highest BCUT2D eigenvalue weighted by Crippen LogP contribution is 2.35. The average molecular weight is 394 g/mol. The van der Waals surface area contributed by atoms with Gasteiger partial charge in [-0.3, -0.25) is 9.59 Å². The number of carbonyl (C=O) groups is 2. The minimum Gasteiger partial charge on any atom is -0.481 e. The molecule has 4 heteroatoms. The van der Waals surface area contributed by atoms with Gasteiger partial charge in [0, 0.05) is 19.5 Å². The zero-order valence-electron chi connectivity index (χ0n) is 16.1. The highest BCUT2D eigenvalue weighted by molar-refractivity contribution is 5.90. The van der Waals surface area contributed by atoms with Gasteiger partial charge in [-0.05, 0) is 54.5 Å². The first-order valence-electron chi connectivity index (χ1n) is 10.3. The van der Waals surface area contributed by atoms with Gasteiger partial charge in [0.25, 0.3) is 0 Å². The quantitative estimate of drug-likeness (QED) is 0.822. The molecule has 2 aliphatic rings. The third-order valence-electron chi connectivity index (χ3n) is 6.25. The van der Waals surface area contributed by atoms with E-state index in [4.69, 9.17) is 0 Å². The predicted octanol–water partition coefficient (Wildman–Crippen LogP) is 4.31. The molecular weight excluding hydrogens is 362 g/mol. The average Bonchev–Trinajstić information content (AvgIpc) is 2.89. The van der Waals surface area contributed by atoms with E-state index in [1.807, 2.05) is 12.1 Å². The Labute approximate surface area is 173 Å². The van der Waals surface area contributed by atoms with Crippen molar-refractivity contribution in [3.05, 3.63) is 70.8 Å². The minimum absolute atomic E-state index is 0. The predicted molar refractivity (Wildman–Crippen MR) is 115 cm³/mol. The Morgan fingerprint density at radius 1 is 0.966 bits per heavy atom. The number of carbonyl (C=O) groups excluding carboxylic acids is 1. The van der Waals surface area contributed by atoms with E-state index in [0.717, 1.165) is 43.4 Å². The van der Waals surface area contributed by atoms with E-state index < -0.39 is 5.97 Å². The fourth-order valence-electron chi connectivity index (χ4n) is 4.74. The van der Waals surface area contributed by atoms with Crippen molar-refractivity contribution in [1.29, 1.82) is 0 Å². The highest BCUT2D eigenvalue weighted by atomic mass is 16.4. The Balaban J connectivity index is 0.00000240. The molecule has 29 heavy (non-hydrogen) atoms. The van der Waals surface area contributed by atoms with Crippen molar-refractivity contribution in [2.24, 2.45) is 5.92 Å². The lowest BCUT2D eigenvalue weighted by atomic mass is 9.83. The number of Topliss-reactive ketones (excluding diaryl/α,β-unsaturated/α-hetero) is 1. The standard InChI is InChI=1S/C24H27NO3.CH4/c26-22(13-15-25-14-5-8-19(16-25)24(27)28)23-20-9-3-1-6-17(20)11-12-18-7-2-4-10-21(18)23;/h1-4,6-7,9-10,19,23H,5,8,11-16H2,(H,27,28);1H4. The van der Waals surface area contributed by atoms with Crippen LogP contribution in [0.25, 0.3) is 0 Å². The van der Waals surface area contributed by atoms with Gasteiger partial charge < -0.3 is 10.0 Å². The molecule has 1 aliphatic heterocycles. The number of carboxylic acids is 1. The fourth-order valence-corrected chi connectivity index (χ4v) is 4.74. The molecule has 154 valence electrons. The molecule has 2 aromatic rings. The van der Waals surface area contributed by atoms with Crippen LogP contribution in [0.1, 0.15) is 54.9 Å². The van der Waals surface area contributed by atoms with Crippen LogP contribution < -0.4 is 0 Å². The molecule has 1 N–H and O–H groups in total. The van der Waals surface area contributed by atoms with Gasteiger partial charge in [-0.1, -0.05) is 56.0 Å². The number of hydrogen-bond acceptors (Lipinski definition) is 3. The molecule has 1 heterocycles. The van der Waals surface area contributed by atoms with Gasteiger partial charge in [0.2, 0.25) is 0 Å². The van der Waals surface area contributed by atoms with Crippen LogP contribution in [-0.2, 0) is 22.4 Å². The first-order valence-corrected chi connectivity index (χ1v) is 10.3. The van der Waals surface area contributed by atoms with Crippen molar-refractivity contribution in [2.75, 3.05) is 19.6 Å². The number of nitrogens with zero attached hydrogens (tertiary/aromatic N) is 1. The number of aliphatic carboxylic acids is 1. The first kappa shape index (κ1) is 21.3. The van der Waals surface area contributed by atoms with Gasteiger partial charge in [0.15, 0.2) is 0 Å². The second kappa shape index (κ2) is 9.36. The molecular formula is C25H31NO3. The smallest absolute Gasteiger partial charge is 0.307 e. The second-order valence-electron chi connectivity index (χ2n) is 8.02. The van der Waals surface area contributed by atoms with Gasteiger partial charge in [0.1, 0.15) is 5.78 Å². The summed E-state index contributed by atoms with van der Waals surface area (Å²) in [6.45, 7) is 2.08. The minimum atomic E-state index is -0.720. The van der Waals surface area contributed by atoms with Crippen LogP contribution in [0.4, 0.5) is 0 Å². The number of fused-ring (bicyclic) bond motifs is 2. The van der Waals surface area contributed by atoms with E-state index in [2.05, 4.69) is 41.3 Å². The van der Waals surface area contributed by atoms with E-state index in [-0.39, 0.29) is 25.0 Å². The number of carboxylic acid groups (broad SMARTS) is 1. The molecule has 0 saturated carbocycles. The third-order valence-corrected chi connectivity index (χ3v) is 6.25. The molecule has 0 radical (unpaired) electrons. The maximum atomic E-state index is 13.4. The van der Waals surface area contributed by atoms with Crippen molar-refractivity contribution in [3.63, 3.8) is 0 Å². The topological polar surface area (TPSA) is 57.6 Å². The SMILES string of the molecule is C.O=C(O)C1CCCN(CCC(=O)C2c3ccccc3CCc3ccccc32)C1. The molecule has 0 amide bonds. The molecule has 1 saturated heterocycles. The number of aryl methyl sites for hydroxylation is 2. The van der Waals surface area contributed by atoms with Crippen LogP contribution in [0, 0.1) is 5.92 Å². The summed E-state index contributed by atoms with van der Waals surface area (Å²) >= 11 is 0. The molecule has 1 unspecified atom stereocenters. The normalized spacial score (nSPS) is 19.4. The number of ketones is 1. The van der Waals surface area contributed by atoms with E-state index in [9.17, 15) is 14.7 Å². The summed E-state index contributed by atoms with van der Waals surface area (Å²) < 4.78 is 0. The Bertz CT molecular complexity index is 828. The van der Waals surface area contributed by atoms with Crippen LogP contribution in [-0.4, -0.2) is 41.4 Å². The number of likely N-dealkylation sites (tertiary alicyclic amines) is 1. The Morgan fingerprint density at radius 3 is 2.14 bits per heavy atom. The summed E-state index contributed by atoms with van der Waals surface area (Å²) in [5.41, 5.74) is 4.81. The van der Waals surface area contributed by atoms with Crippen LogP contribution in [0.5, 0.6) is 0 Å². The second-order valence-corrected chi connectivity index (χ2v) is 8.02. The van der Waals surface area contributed by atoms with Gasteiger partial charge in [-0.2, -0.15) is 0 Å². The van der Waals surface area contributed by atoms with Crippen LogP contribution in [0.15, 0.2) is 48.5 Å². The Hall–Kier alpha value is -2.46. The third kappa shape index (κ3) is 4.59. The van der Waals surface area contributed by atoms with Crippen molar-refractivity contribution in [3.8, 4) is 0 Å². The number of piperidine rings is 1. The summed E-state index contributed by atoms with van der Waals surface area (Å²) in [7, 11) is 0. The van der Waals surface area contributed by atoms with Gasteiger partial charge in [0.05, 0.1) is 11.8 Å². The molecule has 4 nitrogen and oxygen atoms in total. The van der Waals surface area contributed by atoms with E-state index in [0.29, 0.717) is 19.5 Å². The number of hydrogen-bond donors (Lipinski definition) is 1. The van der Waals surface area contributed by atoms with Crippen molar-refractivity contribution in [2.45, 2.75) is 45.4 Å². The van der Waals surface area contributed by atoms with E-state index in [1.165, 1.54) is 11.1 Å². The maximum Gasteiger partial charge on any atom is 0.307 e. The number of rotatable bonds is 5. The van der Waals surface area contributed by atoms with Gasteiger partial charge >= 0.3 is 5.97 Å². The van der Waals surface area contributed by atoms with Gasteiger partial charge in [-0.25, -0.2) is 0 Å². The Kier molecular flexibility index (Phi) is 6.86. The largest absolute Gasteiger partial charge is 0.481 e. The van der Waals surface area contributed by atoms with Crippen LogP contribution in [0.3, 0.4) is 0 Å². The highest BCUT2D eigenvalue weighted by Gasteiger charge is 2.30. The van der Waals surface area contributed by atoms with Crippen molar-refractivity contribution < 1.29 is 14.7 Å². The van der Waals surface area contributed by atoms with E-state index >= 15 is 0 Å². The molecule has 0 spiro atoms. The maximum absolute atomic E-state index is 13.4.